The SMILES string of the molecule is CC(CO)N(C)CCC(O)c1ccccc1. The molecule has 0 fully saturated rings. The molecular weight excluding hydrogens is 202 g/mol. The number of nitrogens with zero attached hydrogens (tertiary/aromatic N) is 1. The quantitative estimate of drug-likeness (QED) is 0.766. The van der Waals surface area contributed by atoms with E-state index in [1.54, 1.807) is 0 Å². The molecule has 90 valence electrons. The van der Waals surface area contributed by atoms with Gasteiger partial charge in [-0.15, -0.1) is 0 Å². The predicted molar refractivity (Wildman–Crippen MR) is 65.2 cm³/mol. The number of hydrogen-bond donors (Lipinski definition) is 2. The highest BCUT2D eigenvalue weighted by molar-refractivity contribution is 5.17. The lowest BCUT2D eigenvalue weighted by atomic mass is 10.1. The first kappa shape index (κ1) is 13.2. The van der Waals surface area contributed by atoms with Gasteiger partial charge in [-0.25, -0.2) is 0 Å². The largest absolute Gasteiger partial charge is 0.395 e. The molecule has 0 saturated heterocycles. The Morgan fingerprint density at radius 1 is 1.25 bits per heavy atom. The molecule has 1 aromatic carbocycles. The number of benzene rings is 1. The molecule has 0 aliphatic carbocycles. The summed E-state index contributed by atoms with van der Waals surface area (Å²) < 4.78 is 0. The smallest absolute Gasteiger partial charge is 0.0802 e. The molecule has 0 amide bonds. The molecule has 2 N–H and O–H groups in total. The molecular formula is C13H21NO2. The van der Waals surface area contributed by atoms with E-state index in [1.165, 1.54) is 0 Å². The van der Waals surface area contributed by atoms with E-state index in [1.807, 2.05) is 49.2 Å². The van der Waals surface area contributed by atoms with Gasteiger partial charge >= 0.3 is 0 Å². The normalized spacial score (nSPS) is 15.1. The fraction of sp³-hybridized carbons (Fsp3) is 0.538. The minimum Gasteiger partial charge on any atom is -0.395 e. The summed E-state index contributed by atoms with van der Waals surface area (Å²) in [4.78, 5) is 2.05. The summed E-state index contributed by atoms with van der Waals surface area (Å²) in [6.07, 6.45) is 0.264. The van der Waals surface area contributed by atoms with Gasteiger partial charge < -0.3 is 15.1 Å². The number of rotatable bonds is 6. The molecule has 0 heterocycles. The van der Waals surface area contributed by atoms with Crippen LogP contribution in [-0.4, -0.2) is 41.4 Å². The zero-order valence-corrected chi connectivity index (χ0v) is 10.0. The van der Waals surface area contributed by atoms with Crippen molar-refractivity contribution < 1.29 is 10.2 Å². The van der Waals surface area contributed by atoms with Gasteiger partial charge in [-0.1, -0.05) is 30.3 Å². The summed E-state index contributed by atoms with van der Waals surface area (Å²) in [6.45, 7) is 2.89. The Balaban J connectivity index is 2.38. The van der Waals surface area contributed by atoms with Crippen LogP contribution in [0.25, 0.3) is 0 Å². The maximum Gasteiger partial charge on any atom is 0.0802 e. The molecule has 0 bridgehead atoms. The minimum atomic E-state index is -0.422. The van der Waals surface area contributed by atoms with Crippen LogP contribution in [0.4, 0.5) is 0 Å². The fourth-order valence-electron chi connectivity index (χ4n) is 1.53. The second-order valence-corrected chi connectivity index (χ2v) is 4.23. The summed E-state index contributed by atoms with van der Waals surface area (Å²) in [7, 11) is 1.96. The summed E-state index contributed by atoms with van der Waals surface area (Å²) in [5, 5.41) is 18.9. The topological polar surface area (TPSA) is 43.7 Å². The van der Waals surface area contributed by atoms with Crippen LogP contribution in [0, 0.1) is 0 Å². The molecule has 16 heavy (non-hydrogen) atoms. The zero-order chi connectivity index (χ0) is 12.0. The van der Waals surface area contributed by atoms with Crippen LogP contribution in [0.3, 0.4) is 0 Å². The molecule has 0 aliphatic heterocycles. The first-order valence-electron chi connectivity index (χ1n) is 5.69. The van der Waals surface area contributed by atoms with Crippen LogP contribution >= 0.6 is 0 Å². The maximum atomic E-state index is 9.93. The lowest BCUT2D eigenvalue weighted by molar-refractivity contribution is 0.117. The minimum absolute atomic E-state index is 0.142. The molecule has 0 aromatic heterocycles. The van der Waals surface area contributed by atoms with E-state index < -0.39 is 6.10 Å². The van der Waals surface area contributed by atoms with Crippen molar-refractivity contribution in [2.45, 2.75) is 25.5 Å². The molecule has 0 saturated carbocycles. The Hall–Kier alpha value is -0.900. The van der Waals surface area contributed by atoms with Crippen LogP contribution in [-0.2, 0) is 0 Å². The molecule has 0 spiro atoms. The van der Waals surface area contributed by atoms with Gasteiger partial charge in [-0.05, 0) is 26.0 Å². The average molecular weight is 223 g/mol. The van der Waals surface area contributed by atoms with E-state index in [2.05, 4.69) is 0 Å². The van der Waals surface area contributed by atoms with Gasteiger partial charge in [0.1, 0.15) is 0 Å². The third kappa shape index (κ3) is 3.93. The monoisotopic (exact) mass is 223 g/mol. The van der Waals surface area contributed by atoms with Gasteiger partial charge in [0, 0.05) is 12.6 Å². The van der Waals surface area contributed by atoms with E-state index in [-0.39, 0.29) is 12.6 Å². The molecule has 0 aliphatic rings. The highest BCUT2D eigenvalue weighted by Gasteiger charge is 2.11. The number of aliphatic hydroxyl groups is 2. The first-order chi connectivity index (χ1) is 7.65. The van der Waals surface area contributed by atoms with E-state index in [0.717, 1.165) is 12.1 Å². The van der Waals surface area contributed by atoms with E-state index in [0.29, 0.717) is 6.42 Å². The zero-order valence-electron chi connectivity index (χ0n) is 10.0. The van der Waals surface area contributed by atoms with Crippen LogP contribution in [0.5, 0.6) is 0 Å². The fourth-order valence-corrected chi connectivity index (χ4v) is 1.53. The molecule has 3 nitrogen and oxygen atoms in total. The highest BCUT2D eigenvalue weighted by atomic mass is 16.3. The van der Waals surface area contributed by atoms with E-state index in [9.17, 15) is 5.11 Å². The summed E-state index contributed by atoms with van der Waals surface area (Å²) in [5.74, 6) is 0. The van der Waals surface area contributed by atoms with Crippen molar-refractivity contribution in [2.24, 2.45) is 0 Å². The second-order valence-electron chi connectivity index (χ2n) is 4.23. The van der Waals surface area contributed by atoms with Crippen molar-refractivity contribution in [1.82, 2.24) is 4.90 Å². The summed E-state index contributed by atoms with van der Waals surface area (Å²) in [5.41, 5.74) is 0.951. The molecule has 2 atom stereocenters. The average Bonchev–Trinajstić information content (AvgIpc) is 2.35. The third-order valence-corrected chi connectivity index (χ3v) is 2.96. The first-order valence-corrected chi connectivity index (χ1v) is 5.69. The third-order valence-electron chi connectivity index (χ3n) is 2.96. The summed E-state index contributed by atoms with van der Waals surface area (Å²) >= 11 is 0. The Bertz CT molecular complexity index is 289. The molecule has 0 radical (unpaired) electrons. The van der Waals surface area contributed by atoms with Crippen LogP contribution in [0.2, 0.25) is 0 Å². The van der Waals surface area contributed by atoms with Gasteiger partial charge in [0.05, 0.1) is 12.7 Å². The second kappa shape index (κ2) is 6.63. The van der Waals surface area contributed by atoms with Crippen molar-refractivity contribution in [3.8, 4) is 0 Å². The van der Waals surface area contributed by atoms with Gasteiger partial charge in [-0.2, -0.15) is 0 Å². The van der Waals surface area contributed by atoms with Crippen LogP contribution < -0.4 is 0 Å². The maximum absolute atomic E-state index is 9.93. The lowest BCUT2D eigenvalue weighted by Gasteiger charge is -2.24. The molecule has 3 heteroatoms. The van der Waals surface area contributed by atoms with Gasteiger partial charge in [0.15, 0.2) is 0 Å². The van der Waals surface area contributed by atoms with Crippen molar-refractivity contribution in [1.29, 1.82) is 0 Å². The van der Waals surface area contributed by atoms with Crippen molar-refractivity contribution >= 4 is 0 Å². The van der Waals surface area contributed by atoms with Gasteiger partial charge in [-0.3, -0.25) is 0 Å². The van der Waals surface area contributed by atoms with Crippen LogP contribution in [0.1, 0.15) is 25.0 Å². The Kier molecular flexibility index (Phi) is 5.46. The van der Waals surface area contributed by atoms with Crippen molar-refractivity contribution in [2.75, 3.05) is 20.2 Å². The van der Waals surface area contributed by atoms with Gasteiger partial charge in [0.2, 0.25) is 0 Å². The predicted octanol–water partition coefficient (Wildman–Crippen LogP) is 1.42. The highest BCUT2D eigenvalue weighted by Crippen LogP contribution is 2.16. The molecule has 1 aromatic rings. The van der Waals surface area contributed by atoms with E-state index in [4.69, 9.17) is 5.11 Å². The molecule has 1 rings (SSSR count). The Labute approximate surface area is 97.3 Å². The number of likely N-dealkylation sites (N-methyl/N-ethyl adjacent to an activating group) is 1. The van der Waals surface area contributed by atoms with Crippen LogP contribution in [0.15, 0.2) is 30.3 Å². The molecule has 2 unspecified atom stereocenters. The standard InChI is InChI=1S/C13H21NO2/c1-11(10-15)14(2)9-8-13(16)12-6-4-3-5-7-12/h3-7,11,13,15-16H,8-10H2,1-2H3. The summed E-state index contributed by atoms with van der Waals surface area (Å²) in [6, 6.07) is 9.80. The lowest BCUT2D eigenvalue weighted by Crippen LogP contribution is -2.33. The van der Waals surface area contributed by atoms with E-state index >= 15 is 0 Å². The van der Waals surface area contributed by atoms with Crippen molar-refractivity contribution in [3.63, 3.8) is 0 Å². The number of aliphatic hydroxyl groups excluding tert-OH is 2. The Morgan fingerprint density at radius 2 is 1.88 bits per heavy atom. The van der Waals surface area contributed by atoms with Crippen molar-refractivity contribution in [3.05, 3.63) is 35.9 Å². The Morgan fingerprint density at radius 3 is 2.44 bits per heavy atom. The number of hydrogen-bond acceptors (Lipinski definition) is 3. The van der Waals surface area contributed by atoms with Gasteiger partial charge in [0.25, 0.3) is 0 Å².